The van der Waals surface area contributed by atoms with E-state index in [1.165, 1.54) is 0 Å². The van der Waals surface area contributed by atoms with Gasteiger partial charge in [-0.15, -0.1) is 58.8 Å². The van der Waals surface area contributed by atoms with Crippen molar-refractivity contribution in [2.45, 2.75) is 40.0 Å². The van der Waals surface area contributed by atoms with Crippen molar-refractivity contribution in [1.29, 1.82) is 0 Å². The van der Waals surface area contributed by atoms with E-state index in [1.807, 2.05) is 6.07 Å². The lowest BCUT2D eigenvalue weighted by atomic mass is 9.57. The summed E-state index contributed by atoms with van der Waals surface area (Å²) in [5, 5.41) is 0.153. The van der Waals surface area contributed by atoms with Crippen LogP contribution in [0.25, 0.3) is 0 Å². The van der Waals surface area contributed by atoms with Gasteiger partial charge in [0.05, 0.1) is 20.1 Å². The van der Waals surface area contributed by atoms with Gasteiger partial charge in [0.1, 0.15) is 19.5 Å². The maximum Gasteiger partial charge on any atom is 0.167 e. The number of nitrogens with two attached hydrogens (primary N) is 1. The molecule has 0 heterocycles. The first-order chi connectivity index (χ1) is 15.0. The Morgan fingerprint density at radius 1 is 0.559 bits per heavy atom. The smallest absolute Gasteiger partial charge is 0.167 e. The molecule has 1 aromatic rings. The van der Waals surface area contributed by atoms with Crippen molar-refractivity contribution in [3.8, 4) is 0 Å². The van der Waals surface area contributed by atoms with Crippen LogP contribution in [0, 0.1) is 11.8 Å². The van der Waals surface area contributed by atoms with E-state index in [1.54, 1.807) is 12.1 Å². The van der Waals surface area contributed by atoms with Crippen molar-refractivity contribution in [2.75, 3.05) is 5.73 Å². The molecule has 14 heteroatoms. The average Bonchev–Trinajstić information content (AvgIpc) is 3.08. The van der Waals surface area contributed by atoms with Crippen LogP contribution in [0.5, 0.6) is 0 Å². The minimum atomic E-state index is -1.85. The highest BCUT2D eigenvalue weighted by Gasteiger charge is 2.91. The van der Waals surface area contributed by atoms with Gasteiger partial charge in [0.2, 0.25) is 0 Å². The summed E-state index contributed by atoms with van der Waals surface area (Å²) in [7, 11) is 0. The highest BCUT2D eigenvalue weighted by molar-refractivity contribution is 6.67. The van der Waals surface area contributed by atoms with Crippen LogP contribution in [0.1, 0.15) is 23.0 Å². The van der Waals surface area contributed by atoms with Gasteiger partial charge in [0, 0.05) is 29.4 Å². The summed E-state index contributed by atoms with van der Waals surface area (Å²) in [5.41, 5.74) is 8.03. The Morgan fingerprint density at radius 2 is 0.912 bits per heavy atom. The van der Waals surface area contributed by atoms with E-state index in [2.05, 4.69) is 0 Å². The van der Waals surface area contributed by atoms with Gasteiger partial charge in [-0.2, -0.15) is 0 Å². The summed E-state index contributed by atoms with van der Waals surface area (Å²) in [4.78, 5) is -6.52. The fourth-order valence-electron chi connectivity index (χ4n) is 6.92. The molecule has 8 unspecified atom stereocenters. The zero-order valence-electron chi connectivity index (χ0n) is 16.1. The second-order valence-electron chi connectivity index (χ2n) is 9.15. The molecule has 8 atom stereocenters. The monoisotopic (exact) mass is 719 g/mol. The van der Waals surface area contributed by atoms with Gasteiger partial charge in [-0.1, -0.05) is 98.9 Å². The molecule has 0 spiro atoms. The highest BCUT2D eigenvalue weighted by Crippen LogP contribution is 2.88. The Balaban J connectivity index is 0.00000241. The maximum atomic E-state index is 7.26. The molecule has 1 nitrogen and oxygen atoms in total. The molecule has 0 radical (unpaired) electrons. The van der Waals surface area contributed by atoms with E-state index in [-0.39, 0.29) is 32.5 Å². The van der Waals surface area contributed by atoms with Gasteiger partial charge in [0.15, 0.2) is 8.67 Å². The molecule has 34 heavy (non-hydrogen) atoms. The van der Waals surface area contributed by atoms with Gasteiger partial charge >= 0.3 is 0 Å². The van der Waals surface area contributed by atoms with E-state index < -0.39 is 51.8 Å². The lowest BCUT2D eigenvalue weighted by Gasteiger charge is -2.52. The van der Waals surface area contributed by atoms with Crippen molar-refractivity contribution in [3.05, 3.63) is 49.5 Å². The molecule has 0 aromatic heterocycles. The van der Waals surface area contributed by atoms with Gasteiger partial charge in [-0.25, -0.2) is 0 Å². The number of allylic oxidation sites excluding steroid dienone is 4. The van der Waals surface area contributed by atoms with Crippen LogP contribution in [-0.4, -0.2) is 28.2 Å². The number of benzene rings is 1. The van der Waals surface area contributed by atoms with Gasteiger partial charge < -0.3 is 5.73 Å². The molecule has 2 N–H and O–H groups in total. The molecule has 2 fully saturated rings. The Morgan fingerprint density at radius 3 is 1.32 bits per heavy atom. The third-order valence-corrected chi connectivity index (χ3v) is 16.7. The van der Waals surface area contributed by atoms with Crippen LogP contribution in [0.2, 0.25) is 0 Å². The predicted octanol–water partition coefficient (Wildman–Crippen LogP) is 9.79. The molecule has 186 valence electrons. The normalized spacial score (nSPS) is 48.6. The zero-order chi connectivity index (χ0) is 24.5. The van der Waals surface area contributed by atoms with E-state index >= 15 is 0 Å². The van der Waals surface area contributed by atoms with Crippen molar-refractivity contribution in [2.24, 2.45) is 11.8 Å². The average molecular weight is 725 g/mol. The lowest BCUT2D eigenvalue weighted by Crippen LogP contribution is -2.53. The van der Waals surface area contributed by atoms with Crippen LogP contribution in [0.15, 0.2) is 38.3 Å². The standard InChI is InChI=1S/C20H9Cl12N.ClH/c21-11-13(23)17(27)9-7(15(11,25)19(17,29)30)5-2-1-4(33)3-6(5)8-10(9)18(28)14(24)12(22)16(8,26)20(18,31)32;/h1-3,7-10H,33H2;1H. The summed E-state index contributed by atoms with van der Waals surface area (Å²) in [6.07, 6.45) is 0. The summed E-state index contributed by atoms with van der Waals surface area (Å²) in [6.45, 7) is 0. The molecule has 5 aliphatic rings. The second-order valence-corrected chi connectivity index (χ2v) is 15.7. The Kier molecular flexibility index (Phi) is 6.15. The predicted molar refractivity (Wildman–Crippen MR) is 151 cm³/mol. The zero-order valence-corrected chi connectivity index (χ0v) is 26.0. The van der Waals surface area contributed by atoms with E-state index in [9.17, 15) is 0 Å². The first kappa shape index (κ1) is 27.8. The largest absolute Gasteiger partial charge is 0.399 e. The molecule has 5 aliphatic carbocycles. The molecule has 0 aliphatic heterocycles. The van der Waals surface area contributed by atoms with E-state index in [4.69, 9.17) is 145 Å². The number of alkyl halides is 8. The quantitative estimate of drug-likeness (QED) is 0.209. The van der Waals surface area contributed by atoms with Gasteiger partial charge in [-0.05, 0) is 23.3 Å². The fraction of sp³-hybridized carbons (Fsp3) is 0.500. The van der Waals surface area contributed by atoms with Crippen LogP contribution in [0.4, 0.5) is 5.69 Å². The molecule has 0 saturated heterocycles. The SMILES string of the molecule is Cl.Nc1ccc2c(c1)C1C(C3C2C2(Cl)C(Cl)=C(Cl)C3(Cl)C2(Cl)Cl)C2(Cl)C(Cl)=C(Cl)C1(Cl)C2(Cl)Cl. The topological polar surface area (TPSA) is 26.0 Å². The third kappa shape index (κ3) is 2.34. The van der Waals surface area contributed by atoms with Crippen LogP contribution in [0.3, 0.4) is 0 Å². The van der Waals surface area contributed by atoms with Crippen molar-refractivity contribution >= 4 is 157 Å². The number of halogens is 13. The lowest BCUT2D eigenvalue weighted by molar-refractivity contribution is 0.201. The fourth-order valence-corrected chi connectivity index (χ4v) is 13.0. The first-order valence-electron chi connectivity index (χ1n) is 9.53. The molecule has 4 bridgehead atoms. The maximum absolute atomic E-state index is 7.26. The minimum absolute atomic E-state index is 0. The summed E-state index contributed by atoms with van der Waals surface area (Å²) in [5.74, 6) is -2.80. The van der Waals surface area contributed by atoms with Crippen molar-refractivity contribution in [1.82, 2.24) is 0 Å². The van der Waals surface area contributed by atoms with Crippen molar-refractivity contribution in [3.63, 3.8) is 0 Å². The van der Waals surface area contributed by atoms with Crippen molar-refractivity contribution < 1.29 is 0 Å². The Labute approximate surface area is 261 Å². The number of hydrogen-bond donors (Lipinski definition) is 1. The molecule has 6 rings (SSSR count). The first-order valence-corrected chi connectivity index (χ1v) is 14.1. The third-order valence-electron chi connectivity index (χ3n) is 8.15. The highest BCUT2D eigenvalue weighted by atomic mass is 35.5. The number of nitrogen functional groups attached to an aromatic ring is 1. The molecular formula is C20H10Cl13N. The summed E-state index contributed by atoms with van der Waals surface area (Å²) in [6, 6.07) is 5.28. The number of anilines is 1. The second kappa shape index (κ2) is 7.51. The molecule has 2 saturated carbocycles. The number of hydrogen-bond acceptors (Lipinski definition) is 1. The number of rotatable bonds is 0. The minimum Gasteiger partial charge on any atom is -0.399 e. The van der Waals surface area contributed by atoms with E-state index in [0.29, 0.717) is 11.3 Å². The van der Waals surface area contributed by atoms with Crippen LogP contribution in [-0.2, 0) is 0 Å². The molecule has 0 amide bonds. The Bertz CT molecular complexity index is 1240. The molecule has 1 aromatic carbocycles. The number of fused-ring (bicyclic) bond motifs is 14. The van der Waals surface area contributed by atoms with Gasteiger partial charge in [-0.3, -0.25) is 0 Å². The van der Waals surface area contributed by atoms with Crippen LogP contribution < -0.4 is 5.73 Å². The Hall–Kier alpha value is 2.27. The van der Waals surface area contributed by atoms with E-state index in [0.717, 1.165) is 5.56 Å². The van der Waals surface area contributed by atoms with Crippen LogP contribution >= 0.6 is 152 Å². The van der Waals surface area contributed by atoms with Gasteiger partial charge in [0.25, 0.3) is 0 Å². The molecular weight excluding hydrogens is 715 g/mol. The summed E-state index contributed by atoms with van der Waals surface area (Å²) < 4.78 is -3.69. The summed E-state index contributed by atoms with van der Waals surface area (Å²) >= 11 is 83.4.